The molecule has 1 N–H and O–H groups in total. The van der Waals surface area contributed by atoms with E-state index in [2.05, 4.69) is 9.71 Å². The van der Waals surface area contributed by atoms with Gasteiger partial charge in [-0.2, -0.15) is 8.42 Å². The van der Waals surface area contributed by atoms with Crippen molar-refractivity contribution < 1.29 is 8.42 Å². The lowest BCUT2D eigenvalue weighted by molar-refractivity contribution is 0.433. The van der Waals surface area contributed by atoms with Crippen molar-refractivity contribution in [2.45, 2.75) is 18.7 Å². The first-order valence-corrected chi connectivity index (χ1v) is 7.94. The molecule has 0 spiro atoms. The third kappa shape index (κ3) is 2.79. The van der Waals surface area contributed by atoms with Gasteiger partial charge in [-0.05, 0) is 25.6 Å². The highest BCUT2D eigenvalue weighted by molar-refractivity contribution is 7.90. The average molecular weight is 281 g/mol. The van der Waals surface area contributed by atoms with E-state index in [4.69, 9.17) is 0 Å². The summed E-state index contributed by atoms with van der Waals surface area (Å²) in [5.74, 6) is 0.566. The highest BCUT2D eigenvalue weighted by atomic mass is 32.2. The number of hydrogen-bond donors (Lipinski definition) is 1. The summed E-state index contributed by atoms with van der Waals surface area (Å²) in [6.45, 7) is 7.23. The van der Waals surface area contributed by atoms with E-state index in [0.29, 0.717) is 16.3 Å². The highest BCUT2D eigenvalue weighted by Crippen LogP contribution is 2.27. The van der Waals surface area contributed by atoms with Gasteiger partial charge in [-0.15, -0.1) is 4.40 Å². The zero-order valence-electron chi connectivity index (χ0n) is 11.3. The predicted octanol–water partition coefficient (Wildman–Crippen LogP) is 1.07. The lowest BCUT2D eigenvalue weighted by Crippen LogP contribution is -2.36. The SMILES string of the molecule is CCNCCN(CC)C1=NS(=O)(=O)c2ccccc21. The van der Waals surface area contributed by atoms with Gasteiger partial charge in [0.15, 0.2) is 5.84 Å². The second kappa shape index (κ2) is 5.71. The Morgan fingerprint density at radius 3 is 2.68 bits per heavy atom. The van der Waals surface area contributed by atoms with Gasteiger partial charge < -0.3 is 10.2 Å². The lowest BCUT2D eigenvalue weighted by atomic mass is 10.2. The minimum atomic E-state index is -3.51. The van der Waals surface area contributed by atoms with Crippen LogP contribution in [0.5, 0.6) is 0 Å². The molecule has 0 saturated carbocycles. The number of benzene rings is 1. The van der Waals surface area contributed by atoms with Crippen molar-refractivity contribution >= 4 is 15.9 Å². The summed E-state index contributed by atoms with van der Waals surface area (Å²) in [5, 5.41) is 3.24. The predicted molar refractivity (Wildman–Crippen MR) is 76.0 cm³/mol. The molecule has 1 aromatic rings. The van der Waals surface area contributed by atoms with E-state index in [1.54, 1.807) is 12.1 Å². The van der Waals surface area contributed by atoms with Crippen LogP contribution in [0, 0.1) is 0 Å². The fraction of sp³-hybridized carbons (Fsp3) is 0.462. The molecule has 1 heterocycles. The summed E-state index contributed by atoms with van der Waals surface area (Å²) in [6, 6.07) is 6.99. The van der Waals surface area contributed by atoms with E-state index < -0.39 is 10.0 Å². The number of nitrogens with zero attached hydrogens (tertiary/aromatic N) is 2. The average Bonchev–Trinajstić information content (AvgIpc) is 2.68. The molecule has 2 rings (SSSR count). The Hall–Kier alpha value is -1.40. The second-order valence-corrected chi connectivity index (χ2v) is 5.89. The van der Waals surface area contributed by atoms with E-state index in [9.17, 15) is 8.42 Å². The van der Waals surface area contributed by atoms with Crippen LogP contribution in [0.1, 0.15) is 19.4 Å². The van der Waals surface area contributed by atoms with Gasteiger partial charge in [0.2, 0.25) is 0 Å². The zero-order valence-corrected chi connectivity index (χ0v) is 12.1. The number of rotatable bonds is 5. The van der Waals surface area contributed by atoms with Crippen molar-refractivity contribution in [3.63, 3.8) is 0 Å². The maximum atomic E-state index is 12.0. The number of sulfonamides is 1. The van der Waals surface area contributed by atoms with Crippen LogP contribution in [0.3, 0.4) is 0 Å². The Balaban J connectivity index is 2.29. The first kappa shape index (κ1) is 14.0. The first-order valence-electron chi connectivity index (χ1n) is 6.50. The molecule has 1 aliphatic heterocycles. The third-order valence-corrected chi connectivity index (χ3v) is 4.43. The molecule has 0 unspecified atom stereocenters. The minimum Gasteiger partial charge on any atom is -0.354 e. The van der Waals surface area contributed by atoms with Crippen molar-refractivity contribution in [3.8, 4) is 0 Å². The molecular formula is C13H19N3O2S. The lowest BCUT2D eigenvalue weighted by Gasteiger charge is -2.22. The van der Waals surface area contributed by atoms with Gasteiger partial charge in [-0.25, -0.2) is 0 Å². The normalized spacial score (nSPS) is 16.0. The highest BCUT2D eigenvalue weighted by Gasteiger charge is 2.30. The first-order chi connectivity index (χ1) is 9.10. The molecule has 1 aliphatic rings. The number of hydrogen-bond acceptors (Lipinski definition) is 4. The van der Waals surface area contributed by atoms with Crippen molar-refractivity contribution in [2.24, 2.45) is 4.40 Å². The summed E-state index contributed by atoms with van der Waals surface area (Å²) in [5.41, 5.74) is 0.709. The smallest absolute Gasteiger partial charge is 0.285 e. The van der Waals surface area contributed by atoms with Crippen LogP contribution in [0.25, 0.3) is 0 Å². The van der Waals surface area contributed by atoms with Crippen LogP contribution in [0.4, 0.5) is 0 Å². The molecule has 1 aromatic carbocycles. The summed E-state index contributed by atoms with van der Waals surface area (Å²) in [4.78, 5) is 2.30. The van der Waals surface area contributed by atoms with Gasteiger partial charge in [-0.1, -0.05) is 19.1 Å². The Morgan fingerprint density at radius 1 is 1.26 bits per heavy atom. The molecule has 0 aliphatic carbocycles. The molecule has 5 nitrogen and oxygen atoms in total. The van der Waals surface area contributed by atoms with Crippen LogP contribution in [0.15, 0.2) is 33.6 Å². The molecule has 19 heavy (non-hydrogen) atoms. The van der Waals surface area contributed by atoms with Crippen LogP contribution in [-0.4, -0.2) is 45.3 Å². The minimum absolute atomic E-state index is 0.312. The molecule has 0 radical (unpaired) electrons. The second-order valence-electron chi connectivity index (χ2n) is 4.32. The molecule has 0 amide bonds. The number of likely N-dealkylation sites (N-methyl/N-ethyl adjacent to an activating group) is 2. The van der Waals surface area contributed by atoms with Crippen molar-refractivity contribution in [3.05, 3.63) is 29.8 Å². The molecule has 0 bridgehead atoms. The van der Waals surface area contributed by atoms with Gasteiger partial charge in [0.25, 0.3) is 10.0 Å². The summed E-state index contributed by atoms with van der Waals surface area (Å²) in [7, 11) is -3.51. The van der Waals surface area contributed by atoms with E-state index in [0.717, 1.165) is 26.2 Å². The van der Waals surface area contributed by atoms with Gasteiger partial charge in [0, 0.05) is 25.2 Å². The molecule has 0 saturated heterocycles. The zero-order chi connectivity index (χ0) is 13.9. The van der Waals surface area contributed by atoms with E-state index in [-0.39, 0.29) is 0 Å². The number of nitrogens with one attached hydrogen (secondary N) is 1. The summed E-state index contributed by atoms with van der Waals surface area (Å²) < 4.78 is 27.9. The largest absolute Gasteiger partial charge is 0.354 e. The molecule has 0 fully saturated rings. The van der Waals surface area contributed by atoms with E-state index >= 15 is 0 Å². The Morgan fingerprint density at radius 2 is 2.00 bits per heavy atom. The van der Waals surface area contributed by atoms with E-state index in [1.807, 2.05) is 30.9 Å². The summed E-state index contributed by atoms with van der Waals surface area (Å²) in [6.07, 6.45) is 0. The van der Waals surface area contributed by atoms with Gasteiger partial charge >= 0.3 is 0 Å². The van der Waals surface area contributed by atoms with Gasteiger partial charge in [0.05, 0.1) is 0 Å². The fourth-order valence-corrected chi connectivity index (χ4v) is 3.35. The monoisotopic (exact) mass is 281 g/mol. The Bertz CT molecular complexity index is 581. The van der Waals surface area contributed by atoms with Crippen LogP contribution >= 0.6 is 0 Å². The van der Waals surface area contributed by atoms with Crippen molar-refractivity contribution in [1.29, 1.82) is 0 Å². The molecule has 6 heteroatoms. The molecular weight excluding hydrogens is 262 g/mol. The van der Waals surface area contributed by atoms with Crippen molar-refractivity contribution in [2.75, 3.05) is 26.2 Å². The molecule has 0 aromatic heterocycles. The van der Waals surface area contributed by atoms with Crippen LogP contribution in [0.2, 0.25) is 0 Å². The number of amidine groups is 1. The standard InChI is InChI=1S/C13H19N3O2S/c1-3-14-9-10-16(4-2)13-11-7-5-6-8-12(11)19(17,18)15-13/h5-8,14H,3-4,9-10H2,1-2H3. The van der Waals surface area contributed by atoms with Crippen molar-refractivity contribution in [1.82, 2.24) is 10.2 Å². The van der Waals surface area contributed by atoms with E-state index in [1.165, 1.54) is 0 Å². The fourth-order valence-electron chi connectivity index (χ4n) is 2.12. The summed E-state index contributed by atoms with van der Waals surface area (Å²) >= 11 is 0. The Labute approximate surface area is 114 Å². The number of fused-ring (bicyclic) bond motifs is 1. The quantitative estimate of drug-likeness (QED) is 0.820. The van der Waals surface area contributed by atoms with Gasteiger partial charge in [0.1, 0.15) is 4.90 Å². The third-order valence-electron chi connectivity index (χ3n) is 3.10. The van der Waals surface area contributed by atoms with Gasteiger partial charge in [-0.3, -0.25) is 0 Å². The maximum absolute atomic E-state index is 12.0. The topological polar surface area (TPSA) is 61.8 Å². The maximum Gasteiger partial charge on any atom is 0.285 e. The Kier molecular flexibility index (Phi) is 4.21. The van der Waals surface area contributed by atoms with Crippen LogP contribution < -0.4 is 5.32 Å². The van der Waals surface area contributed by atoms with Crippen LogP contribution in [-0.2, 0) is 10.0 Å². The molecule has 104 valence electrons. The molecule has 0 atom stereocenters.